The van der Waals surface area contributed by atoms with E-state index in [-0.39, 0.29) is 23.9 Å². The van der Waals surface area contributed by atoms with Crippen LogP contribution in [0.4, 0.5) is 0 Å². The SMILES string of the molecule is C[C@@H](c1ccccc1)N1C(=O)[C@@H](Cl)[C@@H]2C[C@H]1CC[C@@H]2O. The fourth-order valence-corrected chi connectivity index (χ4v) is 4.02. The molecule has 4 heteroatoms. The fourth-order valence-electron chi connectivity index (χ4n) is 3.64. The standard InChI is InChI=1S/C16H20ClNO2/c1-10(11-5-3-2-4-6-11)18-12-7-8-14(19)13(9-12)15(17)16(18)20/h2-6,10,12-15,19H,7-9H2,1H3/t10-,12+,13+,14-,15-/m0/s1. The molecule has 1 aliphatic carbocycles. The highest BCUT2D eigenvalue weighted by molar-refractivity contribution is 6.31. The number of nitrogens with zero attached hydrogens (tertiary/aromatic N) is 1. The van der Waals surface area contributed by atoms with Crippen molar-refractivity contribution >= 4 is 17.5 Å². The maximum absolute atomic E-state index is 12.6. The third kappa shape index (κ3) is 2.23. The van der Waals surface area contributed by atoms with Crippen LogP contribution >= 0.6 is 11.6 Å². The van der Waals surface area contributed by atoms with Crippen LogP contribution in [0.2, 0.25) is 0 Å². The summed E-state index contributed by atoms with van der Waals surface area (Å²) in [6, 6.07) is 10.3. The summed E-state index contributed by atoms with van der Waals surface area (Å²) < 4.78 is 0. The molecule has 3 rings (SSSR count). The Hall–Kier alpha value is -1.06. The summed E-state index contributed by atoms with van der Waals surface area (Å²) in [6.45, 7) is 2.06. The zero-order valence-corrected chi connectivity index (χ0v) is 12.3. The molecule has 5 atom stereocenters. The Morgan fingerprint density at radius 2 is 2.00 bits per heavy atom. The molecule has 1 heterocycles. The number of benzene rings is 1. The molecule has 1 aliphatic heterocycles. The van der Waals surface area contributed by atoms with Crippen LogP contribution in [0.3, 0.4) is 0 Å². The van der Waals surface area contributed by atoms with Gasteiger partial charge in [-0.15, -0.1) is 11.6 Å². The van der Waals surface area contributed by atoms with Crippen LogP contribution in [-0.2, 0) is 4.79 Å². The number of aliphatic hydroxyl groups excluding tert-OH is 1. The number of likely N-dealkylation sites (tertiary alicyclic amines) is 1. The lowest BCUT2D eigenvalue weighted by atomic mass is 9.76. The van der Waals surface area contributed by atoms with E-state index in [1.165, 1.54) is 0 Å². The van der Waals surface area contributed by atoms with E-state index in [0.29, 0.717) is 0 Å². The van der Waals surface area contributed by atoms with Gasteiger partial charge in [-0.2, -0.15) is 0 Å². The first-order chi connectivity index (χ1) is 9.59. The summed E-state index contributed by atoms with van der Waals surface area (Å²) in [6.07, 6.45) is 2.00. The smallest absolute Gasteiger partial charge is 0.241 e. The zero-order chi connectivity index (χ0) is 14.3. The molecule has 2 aliphatic rings. The van der Waals surface area contributed by atoms with E-state index < -0.39 is 11.5 Å². The van der Waals surface area contributed by atoms with E-state index in [9.17, 15) is 9.90 Å². The Kier molecular flexibility index (Phi) is 3.74. The largest absolute Gasteiger partial charge is 0.393 e. The van der Waals surface area contributed by atoms with Crippen molar-refractivity contribution in [3.8, 4) is 0 Å². The van der Waals surface area contributed by atoms with Crippen LogP contribution in [0.5, 0.6) is 0 Å². The topological polar surface area (TPSA) is 40.5 Å². The van der Waals surface area contributed by atoms with Gasteiger partial charge in [0.1, 0.15) is 5.38 Å². The molecule has 0 aromatic heterocycles. The van der Waals surface area contributed by atoms with Crippen LogP contribution in [0.15, 0.2) is 30.3 Å². The van der Waals surface area contributed by atoms with Gasteiger partial charge in [-0.3, -0.25) is 4.79 Å². The second-order valence-electron chi connectivity index (χ2n) is 5.93. The van der Waals surface area contributed by atoms with Crippen LogP contribution < -0.4 is 0 Å². The third-order valence-electron chi connectivity index (χ3n) is 4.79. The minimum Gasteiger partial charge on any atom is -0.393 e. The average Bonchev–Trinajstić information content (AvgIpc) is 2.48. The molecule has 2 bridgehead atoms. The van der Waals surface area contributed by atoms with Gasteiger partial charge >= 0.3 is 0 Å². The molecular weight excluding hydrogens is 274 g/mol. The van der Waals surface area contributed by atoms with Gasteiger partial charge in [-0.25, -0.2) is 0 Å². The Bertz CT molecular complexity index is 493. The lowest BCUT2D eigenvalue weighted by Crippen LogP contribution is -2.58. The van der Waals surface area contributed by atoms with E-state index in [0.717, 1.165) is 24.8 Å². The van der Waals surface area contributed by atoms with Crippen molar-refractivity contribution in [3.63, 3.8) is 0 Å². The summed E-state index contributed by atoms with van der Waals surface area (Å²) in [4.78, 5) is 14.5. The number of halogens is 1. The van der Waals surface area contributed by atoms with Crippen molar-refractivity contribution in [2.24, 2.45) is 5.92 Å². The molecular formula is C16H20ClNO2. The molecule has 1 saturated heterocycles. The molecule has 2 fully saturated rings. The first-order valence-corrected chi connectivity index (χ1v) is 7.72. The molecule has 108 valence electrons. The number of aliphatic hydroxyl groups is 1. The van der Waals surface area contributed by atoms with Gasteiger partial charge in [0, 0.05) is 12.0 Å². The number of alkyl halides is 1. The molecule has 1 N–H and O–H groups in total. The number of hydrogen-bond acceptors (Lipinski definition) is 2. The molecule has 20 heavy (non-hydrogen) atoms. The second kappa shape index (κ2) is 5.38. The number of piperidine rings is 1. The molecule has 1 aromatic carbocycles. The molecule has 1 saturated carbocycles. The molecule has 0 radical (unpaired) electrons. The maximum atomic E-state index is 12.6. The van der Waals surface area contributed by atoms with Crippen LogP contribution in [0.1, 0.15) is 37.8 Å². The Labute approximate surface area is 124 Å². The van der Waals surface area contributed by atoms with Gasteiger partial charge in [-0.1, -0.05) is 30.3 Å². The van der Waals surface area contributed by atoms with Crippen molar-refractivity contribution < 1.29 is 9.90 Å². The lowest BCUT2D eigenvalue weighted by Gasteiger charge is -2.49. The van der Waals surface area contributed by atoms with Gasteiger partial charge < -0.3 is 10.0 Å². The first kappa shape index (κ1) is 13.9. The Morgan fingerprint density at radius 3 is 2.70 bits per heavy atom. The van der Waals surface area contributed by atoms with Gasteiger partial charge in [-0.05, 0) is 31.7 Å². The van der Waals surface area contributed by atoms with Gasteiger partial charge in [0.2, 0.25) is 5.91 Å². The van der Waals surface area contributed by atoms with Crippen LogP contribution in [0.25, 0.3) is 0 Å². The summed E-state index contributed by atoms with van der Waals surface area (Å²) in [5.41, 5.74) is 1.13. The predicted octanol–water partition coefficient (Wildman–Crippen LogP) is 2.73. The fraction of sp³-hybridized carbons (Fsp3) is 0.562. The summed E-state index contributed by atoms with van der Waals surface area (Å²) in [5.74, 6) is -0.106. The highest BCUT2D eigenvalue weighted by Gasteiger charge is 2.48. The second-order valence-corrected chi connectivity index (χ2v) is 6.40. The van der Waals surface area contributed by atoms with Crippen molar-refractivity contribution in [3.05, 3.63) is 35.9 Å². The number of fused-ring (bicyclic) bond motifs is 2. The lowest BCUT2D eigenvalue weighted by molar-refractivity contribution is -0.147. The minimum absolute atomic E-state index is 0.0250. The monoisotopic (exact) mass is 293 g/mol. The molecule has 1 amide bonds. The van der Waals surface area contributed by atoms with Crippen LogP contribution in [0, 0.1) is 5.92 Å². The zero-order valence-electron chi connectivity index (χ0n) is 11.6. The van der Waals surface area contributed by atoms with E-state index in [2.05, 4.69) is 6.92 Å². The van der Waals surface area contributed by atoms with Gasteiger partial charge in [0.15, 0.2) is 0 Å². The van der Waals surface area contributed by atoms with Gasteiger partial charge in [0.05, 0.1) is 12.1 Å². The minimum atomic E-state index is -0.590. The molecule has 1 aromatic rings. The number of carbonyl (C=O) groups is 1. The van der Waals surface area contributed by atoms with Crippen molar-refractivity contribution in [1.29, 1.82) is 0 Å². The summed E-state index contributed by atoms with van der Waals surface area (Å²) in [7, 11) is 0. The summed E-state index contributed by atoms with van der Waals surface area (Å²) >= 11 is 6.30. The number of carbonyl (C=O) groups excluding carboxylic acids is 1. The predicted molar refractivity (Wildman–Crippen MR) is 78.5 cm³/mol. The molecule has 3 nitrogen and oxygen atoms in total. The number of amides is 1. The summed E-state index contributed by atoms with van der Waals surface area (Å²) in [5, 5.41) is 9.41. The molecule has 0 unspecified atom stereocenters. The number of hydrogen-bond donors (Lipinski definition) is 1. The van der Waals surface area contributed by atoms with E-state index in [4.69, 9.17) is 11.6 Å². The maximum Gasteiger partial charge on any atom is 0.241 e. The number of rotatable bonds is 2. The molecule has 0 spiro atoms. The Balaban J connectivity index is 1.88. The highest BCUT2D eigenvalue weighted by Crippen LogP contribution is 2.41. The third-order valence-corrected chi connectivity index (χ3v) is 5.30. The average molecular weight is 294 g/mol. The van der Waals surface area contributed by atoms with Crippen molar-refractivity contribution in [1.82, 2.24) is 4.90 Å². The van der Waals surface area contributed by atoms with Gasteiger partial charge in [0.25, 0.3) is 0 Å². The van der Waals surface area contributed by atoms with E-state index in [1.807, 2.05) is 35.2 Å². The highest BCUT2D eigenvalue weighted by atomic mass is 35.5. The first-order valence-electron chi connectivity index (χ1n) is 7.29. The van der Waals surface area contributed by atoms with Crippen molar-refractivity contribution in [2.75, 3.05) is 0 Å². The van der Waals surface area contributed by atoms with E-state index in [1.54, 1.807) is 0 Å². The Morgan fingerprint density at radius 1 is 1.30 bits per heavy atom. The van der Waals surface area contributed by atoms with E-state index >= 15 is 0 Å². The normalized spacial score (nSPS) is 35.0. The quantitative estimate of drug-likeness (QED) is 0.852. The van der Waals surface area contributed by atoms with Crippen LogP contribution in [-0.4, -0.2) is 33.4 Å². The van der Waals surface area contributed by atoms with Crippen molar-refractivity contribution in [2.45, 2.75) is 49.8 Å².